The van der Waals surface area contributed by atoms with E-state index < -0.39 is 17.9 Å². The van der Waals surface area contributed by atoms with Crippen molar-refractivity contribution in [2.75, 3.05) is 0 Å². The average Bonchev–Trinajstić information content (AvgIpc) is 2.70. The van der Waals surface area contributed by atoms with E-state index in [9.17, 15) is 14.7 Å². The van der Waals surface area contributed by atoms with Gasteiger partial charge in [0.05, 0.1) is 16.6 Å². The van der Waals surface area contributed by atoms with Crippen molar-refractivity contribution in [3.63, 3.8) is 0 Å². The zero-order chi connectivity index (χ0) is 20.1. The lowest BCUT2D eigenvalue weighted by Crippen LogP contribution is -2.28. The maximum absolute atomic E-state index is 12.8. The molecular weight excluding hydrogens is 380 g/mol. The van der Waals surface area contributed by atoms with Gasteiger partial charge >= 0.3 is 5.97 Å². The normalized spacial score (nSPS) is 11.5. The van der Waals surface area contributed by atoms with Gasteiger partial charge in [-0.15, -0.1) is 0 Å². The number of hydrogen-bond donors (Lipinski definition) is 2. The van der Waals surface area contributed by atoms with Crippen molar-refractivity contribution in [1.82, 2.24) is 10.3 Å². The minimum Gasteiger partial charge on any atom is -0.478 e. The zero-order valence-electron chi connectivity index (χ0n) is 14.9. The molecule has 2 N–H and O–H groups in total. The molecule has 142 valence electrons. The number of hydrogen-bond acceptors (Lipinski definition) is 4. The van der Waals surface area contributed by atoms with Crippen LogP contribution in [-0.4, -0.2) is 22.0 Å². The van der Waals surface area contributed by atoms with Crippen LogP contribution < -0.4 is 10.1 Å². The number of benzene rings is 2. The summed E-state index contributed by atoms with van der Waals surface area (Å²) in [6.45, 7) is 1.70. The van der Waals surface area contributed by atoms with Gasteiger partial charge in [-0.1, -0.05) is 48.0 Å². The summed E-state index contributed by atoms with van der Waals surface area (Å²) in [5, 5.41) is 12.4. The van der Waals surface area contributed by atoms with Crippen LogP contribution in [0.1, 0.15) is 39.2 Å². The quantitative estimate of drug-likeness (QED) is 0.629. The van der Waals surface area contributed by atoms with Crippen LogP contribution in [0.4, 0.5) is 0 Å². The van der Waals surface area contributed by atoms with Crippen LogP contribution in [0.2, 0.25) is 5.02 Å². The first-order valence-electron chi connectivity index (χ1n) is 8.47. The number of carbonyl (C=O) groups is 2. The van der Waals surface area contributed by atoms with Crippen molar-refractivity contribution in [2.24, 2.45) is 0 Å². The van der Waals surface area contributed by atoms with E-state index in [0.29, 0.717) is 11.3 Å². The molecule has 0 bridgehead atoms. The molecule has 0 aliphatic carbocycles. The number of carboxylic acid groups (broad SMARTS) is 1. The predicted molar refractivity (Wildman–Crippen MR) is 105 cm³/mol. The number of pyridine rings is 1. The third kappa shape index (κ3) is 4.47. The highest BCUT2D eigenvalue weighted by atomic mass is 35.5. The van der Waals surface area contributed by atoms with E-state index in [1.165, 1.54) is 18.3 Å². The van der Waals surface area contributed by atoms with E-state index in [2.05, 4.69) is 10.3 Å². The number of para-hydroxylation sites is 1. The number of aromatic nitrogens is 1. The summed E-state index contributed by atoms with van der Waals surface area (Å²) in [5.74, 6) is -0.912. The Morgan fingerprint density at radius 1 is 1.07 bits per heavy atom. The summed E-state index contributed by atoms with van der Waals surface area (Å²) in [4.78, 5) is 28.4. The second-order valence-corrected chi connectivity index (χ2v) is 6.45. The van der Waals surface area contributed by atoms with Gasteiger partial charge in [-0.3, -0.25) is 4.79 Å². The minimum atomic E-state index is -1.06. The molecule has 2 aromatic carbocycles. The van der Waals surface area contributed by atoms with Crippen LogP contribution in [0.5, 0.6) is 11.6 Å². The molecule has 0 fully saturated rings. The minimum absolute atomic E-state index is 0.104. The Labute approximate surface area is 166 Å². The highest BCUT2D eigenvalue weighted by Crippen LogP contribution is 2.26. The van der Waals surface area contributed by atoms with Crippen LogP contribution in [0, 0.1) is 0 Å². The molecule has 7 heteroatoms. The molecule has 3 rings (SSSR count). The lowest BCUT2D eigenvalue weighted by molar-refractivity contribution is 0.0693. The van der Waals surface area contributed by atoms with Gasteiger partial charge in [-0.05, 0) is 36.8 Å². The summed E-state index contributed by atoms with van der Waals surface area (Å²) in [5.41, 5.74) is 0.764. The van der Waals surface area contributed by atoms with Crippen LogP contribution in [0.3, 0.4) is 0 Å². The highest BCUT2D eigenvalue weighted by molar-refractivity contribution is 6.30. The standard InChI is InChI=1S/C21H17ClN2O4/c1-13(16-9-5-6-10-17(16)21(26)27)24-19(25)18-11-14(22)12-23-20(18)28-15-7-3-2-4-8-15/h2-13H,1H3,(H,24,25)(H,26,27)/t13-/m0/s1. The molecule has 0 unspecified atom stereocenters. The molecule has 1 atom stereocenters. The Balaban J connectivity index is 1.86. The molecule has 0 spiro atoms. The molecule has 0 aliphatic rings. The Morgan fingerprint density at radius 3 is 2.46 bits per heavy atom. The molecule has 0 saturated heterocycles. The Hall–Kier alpha value is -3.38. The maximum Gasteiger partial charge on any atom is 0.336 e. The van der Waals surface area contributed by atoms with Gasteiger partial charge in [0.1, 0.15) is 11.3 Å². The van der Waals surface area contributed by atoms with Gasteiger partial charge in [-0.25, -0.2) is 9.78 Å². The highest BCUT2D eigenvalue weighted by Gasteiger charge is 2.21. The predicted octanol–water partition coefficient (Wildman–Crippen LogP) is 4.72. The summed E-state index contributed by atoms with van der Waals surface area (Å²) in [7, 11) is 0. The fourth-order valence-electron chi connectivity index (χ4n) is 2.69. The fourth-order valence-corrected chi connectivity index (χ4v) is 2.85. The van der Waals surface area contributed by atoms with Gasteiger partial charge in [-0.2, -0.15) is 0 Å². The van der Waals surface area contributed by atoms with E-state index in [4.69, 9.17) is 16.3 Å². The third-order valence-corrected chi connectivity index (χ3v) is 4.23. The van der Waals surface area contributed by atoms with Gasteiger partial charge in [0.15, 0.2) is 0 Å². The van der Waals surface area contributed by atoms with E-state index in [1.54, 1.807) is 49.4 Å². The summed E-state index contributed by atoms with van der Waals surface area (Å²) in [6.07, 6.45) is 1.39. The third-order valence-electron chi connectivity index (χ3n) is 4.03. The maximum atomic E-state index is 12.8. The van der Waals surface area contributed by atoms with Gasteiger partial charge < -0.3 is 15.2 Å². The molecule has 1 amide bonds. The summed E-state index contributed by atoms with van der Waals surface area (Å²) < 4.78 is 5.71. The van der Waals surface area contributed by atoms with Gasteiger partial charge in [0.2, 0.25) is 5.88 Å². The topological polar surface area (TPSA) is 88.5 Å². The molecule has 6 nitrogen and oxygen atoms in total. The number of halogens is 1. The van der Waals surface area contributed by atoms with Gasteiger partial charge in [0, 0.05) is 6.20 Å². The van der Waals surface area contributed by atoms with E-state index >= 15 is 0 Å². The Kier molecular flexibility index (Phi) is 5.91. The molecule has 1 aromatic heterocycles. The second-order valence-electron chi connectivity index (χ2n) is 6.01. The SMILES string of the molecule is C[C@H](NC(=O)c1cc(Cl)cnc1Oc1ccccc1)c1ccccc1C(=O)O. The molecule has 1 heterocycles. The molecular formula is C21H17ClN2O4. The number of ether oxygens (including phenoxy) is 1. The lowest BCUT2D eigenvalue weighted by Gasteiger charge is -2.17. The second kappa shape index (κ2) is 8.54. The van der Waals surface area contributed by atoms with E-state index in [1.807, 2.05) is 6.07 Å². The van der Waals surface area contributed by atoms with E-state index in [0.717, 1.165) is 0 Å². The monoisotopic (exact) mass is 396 g/mol. The number of nitrogens with one attached hydrogen (secondary N) is 1. The van der Waals surface area contributed by atoms with Crippen molar-refractivity contribution >= 4 is 23.5 Å². The fraction of sp³-hybridized carbons (Fsp3) is 0.0952. The first-order valence-corrected chi connectivity index (χ1v) is 8.85. The first kappa shape index (κ1) is 19.4. The van der Waals surface area contributed by atoms with Crippen molar-refractivity contribution in [3.8, 4) is 11.6 Å². The average molecular weight is 397 g/mol. The van der Waals surface area contributed by atoms with Crippen molar-refractivity contribution in [3.05, 3.63) is 88.6 Å². The molecule has 0 radical (unpaired) electrons. The van der Waals surface area contributed by atoms with Crippen LogP contribution in [0.25, 0.3) is 0 Å². The smallest absolute Gasteiger partial charge is 0.336 e. The largest absolute Gasteiger partial charge is 0.478 e. The zero-order valence-corrected chi connectivity index (χ0v) is 15.7. The van der Waals surface area contributed by atoms with E-state index in [-0.39, 0.29) is 22.0 Å². The van der Waals surface area contributed by atoms with Crippen LogP contribution in [-0.2, 0) is 0 Å². The van der Waals surface area contributed by atoms with Crippen molar-refractivity contribution in [2.45, 2.75) is 13.0 Å². The Bertz CT molecular complexity index is 1010. The number of aromatic carboxylic acids is 1. The Morgan fingerprint density at radius 2 is 1.75 bits per heavy atom. The number of carbonyl (C=O) groups excluding carboxylic acids is 1. The van der Waals surface area contributed by atoms with Crippen LogP contribution >= 0.6 is 11.6 Å². The van der Waals surface area contributed by atoms with Crippen LogP contribution in [0.15, 0.2) is 66.9 Å². The number of nitrogens with zero attached hydrogens (tertiary/aromatic N) is 1. The number of carboxylic acids is 1. The molecule has 0 saturated carbocycles. The molecule has 28 heavy (non-hydrogen) atoms. The first-order chi connectivity index (χ1) is 13.5. The van der Waals surface area contributed by atoms with Crippen molar-refractivity contribution in [1.29, 1.82) is 0 Å². The summed E-state index contributed by atoms with van der Waals surface area (Å²) >= 11 is 6.01. The number of amides is 1. The lowest BCUT2D eigenvalue weighted by atomic mass is 10.0. The number of rotatable bonds is 6. The summed E-state index contributed by atoms with van der Waals surface area (Å²) in [6, 6.07) is 16.3. The molecule has 0 aliphatic heterocycles. The van der Waals surface area contributed by atoms with Gasteiger partial charge in [0.25, 0.3) is 5.91 Å². The molecule has 3 aromatic rings. The van der Waals surface area contributed by atoms with Crippen molar-refractivity contribution < 1.29 is 19.4 Å².